The van der Waals surface area contributed by atoms with Gasteiger partial charge in [0, 0.05) is 17.2 Å². The van der Waals surface area contributed by atoms with E-state index in [4.69, 9.17) is 9.47 Å². The minimum Gasteiger partial charge on any atom is -0.510 e. The maximum atomic E-state index is 13.8. The van der Waals surface area contributed by atoms with Crippen LogP contribution in [0.2, 0.25) is 0 Å². The van der Waals surface area contributed by atoms with Gasteiger partial charge in [0.2, 0.25) is 5.78 Å². The zero-order chi connectivity index (χ0) is 30.7. The van der Waals surface area contributed by atoms with E-state index in [1.807, 2.05) is 0 Å². The number of Topliss-reactive ketones (excluding diaryl/α,β-unsaturated/α-hetero) is 3. The molecule has 4 atom stereocenters. The second kappa shape index (κ2) is 10.3. The SMILES string of the molecule is COc1ccc(OC(=O)Nc2ccc(O)c3c2C[C@H]2C[C@H]4[C@H](N(C)C)C(O)=C(C(C)=O)C(=O)[C@@]4(O)C(O)=C2C3=O)cc1. The van der Waals surface area contributed by atoms with Crippen LogP contribution in [-0.4, -0.2) is 81.6 Å². The monoisotopic (exact) mass is 578 g/mol. The molecule has 0 radical (unpaired) electrons. The third-order valence-electron chi connectivity index (χ3n) is 8.22. The smallest absolute Gasteiger partial charge is 0.417 e. The summed E-state index contributed by atoms with van der Waals surface area (Å²) < 4.78 is 10.4. The molecule has 0 fully saturated rings. The fraction of sp³-hybridized carbons (Fsp3) is 0.333. The molecule has 5 N–H and O–H groups in total. The molecule has 2 aromatic rings. The largest absolute Gasteiger partial charge is 0.510 e. The Labute approximate surface area is 240 Å². The Kier molecular flexibility index (Phi) is 7.07. The molecule has 0 aromatic heterocycles. The summed E-state index contributed by atoms with van der Waals surface area (Å²) in [5.41, 5.74) is -3.34. The van der Waals surface area contributed by atoms with Crippen LogP contribution in [0.5, 0.6) is 17.2 Å². The average Bonchev–Trinajstić information content (AvgIpc) is 2.92. The summed E-state index contributed by atoms with van der Waals surface area (Å²) in [6.45, 7) is 1.06. The van der Waals surface area contributed by atoms with Crippen LogP contribution in [0.15, 0.2) is 59.1 Å². The van der Waals surface area contributed by atoms with E-state index in [2.05, 4.69) is 5.32 Å². The number of fused-ring (bicyclic) bond motifs is 3. The molecule has 220 valence electrons. The number of nitrogens with zero attached hydrogens (tertiary/aromatic N) is 1. The van der Waals surface area contributed by atoms with Gasteiger partial charge in [-0.3, -0.25) is 24.6 Å². The van der Waals surface area contributed by atoms with E-state index in [0.29, 0.717) is 5.75 Å². The average molecular weight is 579 g/mol. The first-order valence-electron chi connectivity index (χ1n) is 13.1. The Balaban J connectivity index is 1.55. The number of aromatic hydroxyl groups is 1. The van der Waals surface area contributed by atoms with Gasteiger partial charge in [0.15, 0.2) is 17.2 Å². The first-order valence-corrected chi connectivity index (χ1v) is 13.1. The number of phenolic OH excluding ortho intramolecular Hbond substituents is 1. The van der Waals surface area contributed by atoms with E-state index in [1.54, 1.807) is 26.2 Å². The number of nitrogens with one attached hydrogen (secondary N) is 1. The van der Waals surface area contributed by atoms with Crippen LogP contribution in [-0.2, 0) is 16.0 Å². The van der Waals surface area contributed by atoms with Gasteiger partial charge in [-0.25, -0.2) is 4.79 Å². The highest BCUT2D eigenvalue weighted by Gasteiger charge is 2.63. The van der Waals surface area contributed by atoms with Gasteiger partial charge in [-0.2, -0.15) is 0 Å². The van der Waals surface area contributed by atoms with E-state index in [0.717, 1.165) is 6.92 Å². The van der Waals surface area contributed by atoms with Crippen molar-refractivity contribution in [2.75, 3.05) is 26.5 Å². The summed E-state index contributed by atoms with van der Waals surface area (Å²) in [5.74, 6) is -5.80. The summed E-state index contributed by atoms with van der Waals surface area (Å²) in [7, 11) is 4.67. The van der Waals surface area contributed by atoms with Crippen molar-refractivity contribution in [3.05, 3.63) is 70.2 Å². The van der Waals surface area contributed by atoms with Gasteiger partial charge in [0.25, 0.3) is 0 Å². The summed E-state index contributed by atoms with van der Waals surface area (Å²) in [5, 5.41) is 47.3. The first-order chi connectivity index (χ1) is 19.8. The molecule has 0 saturated heterocycles. The van der Waals surface area contributed by atoms with Crippen molar-refractivity contribution in [2.24, 2.45) is 11.8 Å². The molecule has 12 nitrogen and oxygen atoms in total. The van der Waals surface area contributed by atoms with Crippen LogP contribution in [0.25, 0.3) is 0 Å². The van der Waals surface area contributed by atoms with Gasteiger partial charge < -0.3 is 29.9 Å². The molecule has 3 aliphatic carbocycles. The maximum Gasteiger partial charge on any atom is 0.417 e. The maximum absolute atomic E-state index is 13.8. The molecule has 0 saturated carbocycles. The lowest BCUT2D eigenvalue weighted by Crippen LogP contribution is -2.63. The van der Waals surface area contributed by atoms with Crippen molar-refractivity contribution < 1.29 is 49.1 Å². The van der Waals surface area contributed by atoms with E-state index in [1.165, 1.54) is 36.3 Å². The number of likely N-dealkylation sites (N-methyl/N-ethyl adjacent to an activating group) is 1. The van der Waals surface area contributed by atoms with E-state index in [-0.39, 0.29) is 41.0 Å². The molecule has 2 aromatic carbocycles. The molecule has 5 rings (SSSR count). The topological polar surface area (TPSA) is 183 Å². The number of ether oxygens (including phenoxy) is 2. The number of aliphatic hydroxyl groups excluding tert-OH is 2. The Hall–Kier alpha value is -4.68. The quantitative estimate of drug-likeness (QED) is 0.260. The Morgan fingerprint density at radius 3 is 2.26 bits per heavy atom. The number of aliphatic hydroxyl groups is 3. The minimum atomic E-state index is -2.66. The van der Waals surface area contributed by atoms with Crippen LogP contribution in [0.1, 0.15) is 29.3 Å². The molecule has 0 unspecified atom stereocenters. The van der Waals surface area contributed by atoms with Gasteiger partial charge in [-0.15, -0.1) is 0 Å². The van der Waals surface area contributed by atoms with Crippen molar-refractivity contribution in [3.63, 3.8) is 0 Å². The predicted molar refractivity (Wildman–Crippen MR) is 148 cm³/mol. The predicted octanol–water partition coefficient (Wildman–Crippen LogP) is 2.84. The van der Waals surface area contributed by atoms with Gasteiger partial charge in [0.05, 0.1) is 18.7 Å². The number of hydrogen-bond donors (Lipinski definition) is 5. The van der Waals surface area contributed by atoms with Crippen molar-refractivity contribution >= 4 is 29.1 Å². The number of hydrogen-bond acceptors (Lipinski definition) is 11. The summed E-state index contributed by atoms with van der Waals surface area (Å²) in [6, 6.07) is 7.85. The molecular formula is C30H30N2O10. The highest BCUT2D eigenvalue weighted by atomic mass is 16.6. The first kappa shape index (κ1) is 28.8. The highest BCUT2D eigenvalue weighted by molar-refractivity contribution is 6.25. The second-order valence-corrected chi connectivity index (χ2v) is 10.8. The van der Waals surface area contributed by atoms with E-state index < -0.39 is 69.8 Å². The second-order valence-electron chi connectivity index (χ2n) is 10.8. The van der Waals surface area contributed by atoms with Gasteiger partial charge in [-0.05, 0) is 81.7 Å². The fourth-order valence-electron chi connectivity index (χ4n) is 6.36. The van der Waals surface area contributed by atoms with Crippen LogP contribution >= 0.6 is 0 Å². The number of carbonyl (C=O) groups excluding carboxylic acids is 4. The normalized spacial score (nSPS) is 25.0. The third-order valence-corrected chi connectivity index (χ3v) is 8.22. The lowest BCUT2D eigenvalue weighted by atomic mass is 9.58. The van der Waals surface area contributed by atoms with Gasteiger partial charge in [-0.1, -0.05) is 0 Å². The van der Waals surface area contributed by atoms with Crippen LogP contribution < -0.4 is 14.8 Å². The Morgan fingerprint density at radius 1 is 1.02 bits per heavy atom. The summed E-state index contributed by atoms with van der Waals surface area (Å²) in [6.07, 6.45) is -0.881. The van der Waals surface area contributed by atoms with Crippen molar-refractivity contribution in [1.82, 2.24) is 4.90 Å². The molecule has 0 bridgehead atoms. The molecule has 1 amide bonds. The number of anilines is 1. The standard InChI is InChI=1S/C30H30N2O10/c1-13(33)21-26(36)24(32(2)3)18-12-14-11-17-19(31-29(39)42-16-7-5-15(41-4)6-8-16)9-10-20(34)23(17)25(35)22(14)28(38)30(18,40)27(21)37/h5-10,14,18,24,34,36,38,40H,11-12H2,1-4H3,(H,31,39)/t14-,18-,24-,30+/m0/s1. The summed E-state index contributed by atoms with van der Waals surface area (Å²) in [4.78, 5) is 53.8. The van der Waals surface area contributed by atoms with Gasteiger partial charge in [0.1, 0.15) is 34.3 Å². The summed E-state index contributed by atoms with van der Waals surface area (Å²) >= 11 is 0. The Morgan fingerprint density at radius 2 is 1.67 bits per heavy atom. The Bertz CT molecular complexity index is 1590. The van der Waals surface area contributed by atoms with Crippen molar-refractivity contribution in [2.45, 2.75) is 31.4 Å². The van der Waals surface area contributed by atoms with Crippen molar-refractivity contribution in [1.29, 1.82) is 0 Å². The van der Waals surface area contributed by atoms with Crippen LogP contribution in [0, 0.1) is 11.8 Å². The number of benzene rings is 2. The zero-order valence-corrected chi connectivity index (χ0v) is 23.3. The lowest BCUT2D eigenvalue weighted by molar-refractivity contribution is -0.148. The van der Waals surface area contributed by atoms with E-state index in [9.17, 15) is 39.6 Å². The third kappa shape index (κ3) is 4.30. The molecule has 42 heavy (non-hydrogen) atoms. The molecule has 0 spiro atoms. The molecule has 3 aliphatic rings. The zero-order valence-electron chi connectivity index (χ0n) is 23.3. The number of rotatable bonds is 5. The number of ketones is 3. The molecule has 12 heteroatoms. The van der Waals surface area contributed by atoms with Crippen LogP contribution in [0.3, 0.4) is 0 Å². The minimum absolute atomic E-state index is 0.0258. The molecular weight excluding hydrogens is 548 g/mol. The highest BCUT2D eigenvalue weighted by Crippen LogP contribution is 2.53. The van der Waals surface area contributed by atoms with Gasteiger partial charge >= 0.3 is 6.09 Å². The van der Waals surface area contributed by atoms with Crippen molar-refractivity contribution in [3.8, 4) is 17.2 Å². The lowest BCUT2D eigenvalue weighted by Gasteiger charge is -2.50. The number of amides is 1. The number of methoxy groups -OCH3 is 1. The molecule has 0 aliphatic heterocycles. The fourth-order valence-corrected chi connectivity index (χ4v) is 6.36. The number of carbonyl (C=O) groups is 4. The molecule has 0 heterocycles. The van der Waals surface area contributed by atoms with E-state index >= 15 is 0 Å². The number of phenols is 1. The number of allylic oxidation sites excluding steroid dienone is 1. The van der Waals surface area contributed by atoms with Crippen LogP contribution in [0.4, 0.5) is 10.5 Å².